The fraction of sp³-hybridized carbons (Fsp3) is 0.667. The standard InChI is InChI=1S/C18H24N2O2/c1-3-7-11-15-13(9-5-1)17(19-21-15)18-14-10-6-2-4-8-12-16(14)22-20-18/h1-12H2. The van der Waals surface area contributed by atoms with Crippen LogP contribution in [0, 0.1) is 0 Å². The summed E-state index contributed by atoms with van der Waals surface area (Å²) in [5.41, 5.74) is 4.50. The molecule has 0 fully saturated rings. The second kappa shape index (κ2) is 6.27. The summed E-state index contributed by atoms with van der Waals surface area (Å²) in [4.78, 5) is 0. The number of hydrogen-bond acceptors (Lipinski definition) is 4. The molecule has 0 unspecified atom stereocenters. The van der Waals surface area contributed by atoms with Gasteiger partial charge in [0.05, 0.1) is 0 Å². The first-order valence-electron chi connectivity index (χ1n) is 8.88. The minimum absolute atomic E-state index is 0.961. The summed E-state index contributed by atoms with van der Waals surface area (Å²) in [5.74, 6) is 2.16. The molecule has 0 N–H and O–H groups in total. The van der Waals surface area contributed by atoms with Gasteiger partial charge in [0.25, 0.3) is 0 Å². The fourth-order valence-electron chi connectivity index (χ4n) is 3.85. The molecule has 2 heterocycles. The molecule has 2 aromatic heterocycles. The maximum Gasteiger partial charge on any atom is 0.140 e. The zero-order valence-electron chi connectivity index (χ0n) is 13.2. The number of aryl methyl sites for hydroxylation is 2. The molecule has 0 saturated carbocycles. The monoisotopic (exact) mass is 300 g/mol. The summed E-state index contributed by atoms with van der Waals surface area (Å²) >= 11 is 0. The van der Waals surface area contributed by atoms with Gasteiger partial charge in [-0.05, 0) is 38.5 Å². The number of fused-ring (bicyclic) bond motifs is 2. The van der Waals surface area contributed by atoms with Crippen LogP contribution in [-0.4, -0.2) is 10.3 Å². The van der Waals surface area contributed by atoms with E-state index in [0.29, 0.717) is 0 Å². The highest BCUT2D eigenvalue weighted by Gasteiger charge is 2.25. The van der Waals surface area contributed by atoms with Gasteiger partial charge in [-0.2, -0.15) is 0 Å². The SMILES string of the molecule is C1CCCc2c(-c3noc4c3CCCCCC4)noc2CC1. The quantitative estimate of drug-likeness (QED) is 0.769. The van der Waals surface area contributed by atoms with Crippen LogP contribution in [0.5, 0.6) is 0 Å². The minimum Gasteiger partial charge on any atom is -0.360 e. The third kappa shape index (κ3) is 2.59. The first-order valence-corrected chi connectivity index (χ1v) is 8.88. The first-order chi connectivity index (χ1) is 10.9. The van der Waals surface area contributed by atoms with Crippen LogP contribution in [0.2, 0.25) is 0 Å². The molecule has 2 aliphatic rings. The van der Waals surface area contributed by atoms with Gasteiger partial charge in [-0.3, -0.25) is 0 Å². The van der Waals surface area contributed by atoms with Crippen LogP contribution in [0.15, 0.2) is 9.05 Å². The Bertz CT molecular complexity index is 585. The van der Waals surface area contributed by atoms with Crippen LogP contribution in [0.3, 0.4) is 0 Å². The van der Waals surface area contributed by atoms with Gasteiger partial charge in [-0.25, -0.2) is 0 Å². The largest absolute Gasteiger partial charge is 0.360 e. The average Bonchev–Trinajstić information content (AvgIpc) is 3.02. The molecule has 0 atom stereocenters. The lowest BCUT2D eigenvalue weighted by molar-refractivity contribution is 0.370. The van der Waals surface area contributed by atoms with Gasteiger partial charge in [0, 0.05) is 24.0 Å². The molecule has 0 aliphatic heterocycles. The number of rotatable bonds is 1. The van der Waals surface area contributed by atoms with Crippen molar-refractivity contribution in [2.24, 2.45) is 0 Å². The summed E-state index contributed by atoms with van der Waals surface area (Å²) in [6.45, 7) is 0. The van der Waals surface area contributed by atoms with Gasteiger partial charge in [0.1, 0.15) is 22.9 Å². The molecule has 0 saturated heterocycles. The van der Waals surface area contributed by atoms with E-state index in [1.165, 1.54) is 62.5 Å². The van der Waals surface area contributed by atoms with Gasteiger partial charge in [-0.15, -0.1) is 0 Å². The molecule has 0 amide bonds. The van der Waals surface area contributed by atoms with Crippen molar-refractivity contribution in [3.05, 3.63) is 22.6 Å². The Labute approximate surface area is 131 Å². The Kier molecular flexibility index (Phi) is 4.00. The second-order valence-electron chi connectivity index (χ2n) is 6.69. The van der Waals surface area contributed by atoms with Crippen LogP contribution in [-0.2, 0) is 25.7 Å². The summed E-state index contributed by atoms with van der Waals surface area (Å²) in [6.07, 6.45) is 14.2. The van der Waals surface area contributed by atoms with Crippen LogP contribution >= 0.6 is 0 Å². The van der Waals surface area contributed by atoms with Crippen LogP contribution in [0.1, 0.15) is 74.0 Å². The van der Waals surface area contributed by atoms with Crippen molar-refractivity contribution < 1.29 is 9.05 Å². The Hall–Kier alpha value is -1.58. The van der Waals surface area contributed by atoms with E-state index in [2.05, 4.69) is 10.3 Å². The normalized spacial score (nSPS) is 19.5. The van der Waals surface area contributed by atoms with Crippen LogP contribution < -0.4 is 0 Å². The topological polar surface area (TPSA) is 52.1 Å². The first kappa shape index (κ1) is 14.0. The third-order valence-electron chi connectivity index (χ3n) is 5.12. The average molecular weight is 300 g/mol. The van der Waals surface area contributed by atoms with Crippen LogP contribution in [0.4, 0.5) is 0 Å². The van der Waals surface area contributed by atoms with Crippen molar-refractivity contribution >= 4 is 0 Å². The second-order valence-corrected chi connectivity index (χ2v) is 6.69. The summed E-state index contributed by atoms with van der Waals surface area (Å²) < 4.78 is 11.3. The molecule has 4 nitrogen and oxygen atoms in total. The Balaban J connectivity index is 1.73. The smallest absolute Gasteiger partial charge is 0.140 e. The van der Waals surface area contributed by atoms with E-state index in [0.717, 1.165) is 48.6 Å². The van der Waals surface area contributed by atoms with Gasteiger partial charge < -0.3 is 9.05 Å². The van der Waals surface area contributed by atoms with Crippen LogP contribution in [0.25, 0.3) is 11.4 Å². The lowest BCUT2D eigenvalue weighted by Gasteiger charge is -2.09. The third-order valence-corrected chi connectivity index (χ3v) is 5.12. The lowest BCUT2D eigenvalue weighted by Crippen LogP contribution is -2.00. The maximum atomic E-state index is 5.66. The lowest BCUT2D eigenvalue weighted by atomic mass is 9.93. The van der Waals surface area contributed by atoms with E-state index in [1.807, 2.05) is 0 Å². The van der Waals surface area contributed by atoms with E-state index in [4.69, 9.17) is 9.05 Å². The molecule has 4 rings (SSSR count). The van der Waals surface area contributed by atoms with Crippen molar-refractivity contribution in [1.82, 2.24) is 10.3 Å². The van der Waals surface area contributed by atoms with Crippen molar-refractivity contribution in [2.45, 2.75) is 77.0 Å². The van der Waals surface area contributed by atoms with Crippen molar-refractivity contribution in [3.8, 4) is 11.4 Å². The van der Waals surface area contributed by atoms with E-state index in [-0.39, 0.29) is 0 Å². The summed E-state index contributed by atoms with van der Waals surface area (Å²) in [7, 11) is 0. The zero-order valence-corrected chi connectivity index (χ0v) is 13.2. The van der Waals surface area contributed by atoms with Gasteiger partial charge in [0.15, 0.2) is 0 Å². The molecule has 2 aliphatic carbocycles. The predicted molar refractivity (Wildman–Crippen MR) is 83.8 cm³/mol. The highest BCUT2D eigenvalue weighted by atomic mass is 16.5. The Morgan fingerprint density at radius 1 is 0.500 bits per heavy atom. The van der Waals surface area contributed by atoms with Gasteiger partial charge >= 0.3 is 0 Å². The molecule has 0 radical (unpaired) electrons. The highest BCUT2D eigenvalue weighted by Crippen LogP contribution is 2.34. The molecule has 118 valence electrons. The Morgan fingerprint density at radius 3 is 1.36 bits per heavy atom. The number of nitrogens with zero attached hydrogens (tertiary/aromatic N) is 2. The zero-order chi connectivity index (χ0) is 14.8. The molecule has 0 aromatic carbocycles. The van der Waals surface area contributed by atoms with E-state index in [9.17, 15) is 0 Å². The van der Waals surface area contributed by atoms with Gasteiger partial charge in [0.2, 0.25) is 0 Å². The summed E-state index contributed by atoms with van der Waals surface area (Å²) in [5, 5.41) is 8.78. The number of hydrogen-bond donors (Lipinski definition) is 0. The molecule has 0 spiro atoms. The van der Waals surface area contributed by atoms with E-state index in [1.54, 1.807) is 0 Å². The molecule has 2 aromatic rings. The minimum atomic E-state index is 0.961. The Morgan fingerprint density at radius 2 is 0.909 bits per heavy atom. The van der Waals surface area contributed by atoms with Crippen molar-refractivity contribution in [2.75, 3.05) is 0 Å². The van der Waals surface area contributed by atoms with E-state index >= 15 is 0 Å². The number of aromatic nitrogens is 2. The molecular weight excluding hydrogens is 276 g/mol. The molecular formula is C18H24N2O2. The van der Waals surface area contributed by atoms with E-state index < -0.39 is 0 Å². The molecule has 22 heavy (non-hydrogen) atoms. The predicted octanol–water partition coefficient (Wildman–Crippen LogP) is 4.65. The van der Waals surface area contributed by atoms with Crippen molar-refractivity contribution in [3.63, 3.8) is 0 Å². The van der Waals surface area contributed by atoms with Crippen molar-refractivity contribution in [1.29, 1.82) is 0 Å². The fourth-order valence-corrected chi connectivity index (χ4v) is 3.85. The maximum absolute atomic E-state index is 5.66. The van der Waals surface area contributed by atoms with Gasteiger partial charge in [-0.1, -0.05) is 36.0 Å². The molecule has 0 bridgehead atoms. The highest BCUT2D eigenvalue weighted by molar-refractivity contribution is 5.63. The molecule has 4 heteroatoms. The summed E-state index contributed by atoms with van der Waals surface area (Å²) in [6, 6.07) is 0.